The second-order valence-corrected chi connectivity index (χ2v) is 19.2. The van der Waals surface area contributed by atoms with Gasteiger partial charge in [0.15, 0.2) is 6.10 Å². The van der Waals surface area contributed by atoms with Crippen molar-refractivity contribution in [3.05, 3.63) is 119 Å². The third-order valence-electron chi connectivity index (χ3n) is 11.7. The SMILES string of the molecule is CCCCCC=CCC=CCC=CCC=CCCCC(=O)OC[C@H](COP(=O)(O)Oc1c(C)c(C)c2c(c1C)CCC(C)(CO)O2)OC(=O)CCCC=CCC=CCC=CCC=CCCCCC. The first-order valence-electron chi connectivity index (χ1n) is 25.5. The summed E-state index contributed by atoms with van der Waals surface area (Å²) in [5, 5.41) is 9.91. The van der Waals surface area contributed by atoms with Crippen LogP contribution in [0.2, 0.25) is 0 Å². The van der Waals surface area contributed by atoms with Crippen LogP contribution in [-0.4, -0.2) is 53.5 Å². The molecule has 3 atom stereocenters. The van der Waals surface area contributed by atoms with Crippen LogP contribution in [0, 0.1) is 20.8 Å². The van der Waals surface area contributed by atoms with Crippen LogP contribution in [0.5, 0.6) is 11.5 Å². The summed E-state index contributed by atoms with van der Waals surface area (Å²) in [5.41, 5.74) is 2.07. The monoisotopic (exact) mass is 963 g/mol. The molecule has 0 saturated carbocycles. The quantitative estimate of drug-likeness (QED) is 0.0287. The van der Waals surface area contributed by atoms with Crippen molar-refractivity contribution in [1.29, 1.82) is 0 Å². The third kappa shape index (κ3) is 27.1. The first-order valence-corrected chi connectivity index (χ1v) is 27.0. The van der Waals surface area contributed by atoms with Gasteiger partial charge in [-0.1, -0.05) is 137 Å². The number of rotatable bonds is 37. The number of ether oxygens (including phenoxy) is 3. The Hall–Kier alpha value is -4.21. The number of aliphatic hydroxyl groups excluding tert-OH is 1. The predicted octanol–water partition coefficient (Wildman–Crippen LogP) is 14.9. The fourth-order valence-electron chi connectivity index (χ4n) is 7.32. The van der Waals surface area contributed by atoms with Crippen molar-refractivity contribution in [3.63, 3.8) is 0 Å². The predicted molar refractivity (Wildman–Crippen MR) is 279 cm³/mol. The molecule has 1 aliphatic rings. The maximum absolute atomic E-state index is 13.4. The Morgan fingerprint density at radius 1 is 0.632 bits per heavy atom. The molecule has 0 bridgehead atoms. The van der Waals surface area contributed by atoms with Crippen LogP contribution in [0.3, 0.4) is 0 Å². The van der Waals surface area contributed by atoms with E-state index in [9.17, 15) is 24.2 Å². The molecule has 0 saturated heterocycles. The zero-order chi connectivity index (χ0) is 49.7. The van der Waals surface area contributed by atoms with E-state index in [1.165, 1.54) is 38.5 Å². The summed E-state index contributed by atoms with van der Waals surface area (Å²) in [5.74, 6) is -0.165. The third-order valence-corrected chi connectivity index (χ3v) is 12.6. The van der Waals surface area contributed by atoms with Gasteiger partial charge in [0, 0.05) is 18.4 Å². The number of aliphatic hydroxyl groups is 1. The first kappa shape index (κ1) is 59.9. The van der Waals surface area contributed by atoms with Crippen molar-refractivity contribution >= 4 is 19.8 Å². The van der Waals surface area contributed by atoms with E-state index in [-0.39, 0.29) is 31.8 Å². The minimum atomic E-state index is -4.76. The first-order chi connectivity index (χ1) is 32.9. The minimum absolute atomic E-state index is 0.106. The highest BCUT2D eigenvalue weighted by Crippen LogP contribution is 2.50. The molecule has 0 amide bonds. The summed E-state index contributed by atoms with van der Waals surface area (Å²) < 4.78 is 41.9. The number of benzene rings is 1. The van der Waals surface area contributed by atoms with Gasteiger partial charge < -0.3 is 23.8 Å². The topological polar surface area (TPSA) is 138 Å². The molecule has 380 valence electrons. The lowest BCUT2D eigenvalue weighted by Gasteiger charge is -2.37. The summed E-state index contributed by atoms with van der Waals surface area (Å²) in [4.78, 5) is 36.7. The molecule has 10 nitrogen and oxygen atoms in total. The number of esters is 2. The molecule has 2 rings (SSSR count). The second-order valence-electron chi connectivity index (χ2n) is 17.8. The van der Waals surface area contributed by atoms with Crippen molar-refractivity contribution in [2.24, 2.45) is 0 Å². The van der Waals surface area contributed by atoms with Gasteiger partial charge in [-0.05, 0) is 147 Å². The van der Waals surface area contributed by atoms with Gasteiger partial charge in [-0.15, -0.1) is 0 Å². The number of phosphoric ester groups is 1. The van der Waals surface area contributed by atoms with Crippen LogP contribution >= 0.6 is 7.82 Å². The van der Waals surface area contributed by atoms with E-state index in [0.29, 0.717) is 55.4 Å². The van der Waals surface area contributed by atoms with E-state index in [1.54, 1.807) is 13.8 Å². The molecular formula is C57H87O10P. The summed E-state index contributed by atoms with van der Waals surface area (Å²) >= 11 is 0. The number of phosphoric acid groups is 1. The molecule has 1 aliphatic heterocycles. The molecule has 0 fully saturated rings. The van der Waals surface area contributed by atoms with Gasteiger partial charge in [0.2, 0.25) is 0 Å². The van der Waals surface area contributed by atoms with Crippen LogP contribution < -0.4 is 9.26 Å². The van der Waals surface area contributed by atoms with E-state index < -0.39 is 38.1 Å². The highest BCUT2D eigenvalue weighted by atomic mass is 31.2. The van der Waals surface area contributed by atoms with E-state index in [2.05, 4.69) is 98.9 Å². The number of hydrogen-bond acceptors (Lipinski definition) is 9. The van der Waals surface area contributed by atoms with Crippen molar-refractivity contribution in [2.45, 2.75) is 195 Å². The van der Waals surface area contributed by atoms with E-state index in [0.717, 1.165) is 62.5 Å². The lowest BCUT2D eigenvalue weighted by atomic mass is 9.87. The molecule has 11 heteroatoms. The molecule has 1 aromatic carbocycles. The zero-order valence-corrected chi connectivity index (χ0v) is 43.5. The van der Waals surface area contributed by atoms with Gasteiger partial charge in [-0.2, -0.15) is 0 Å². The normalized spacial score (nSPS) is 16.9. The Morgan fingerprint density at radius 3 is 1.53 bits per heavy atom. The average Bonchev–Trinajstić information content (AvgIpc) is 3.32. The van der Waals surface area contributed by atoms with Gasteiger partial charge in [0.25, 0.3) is 0 Å². The standard InChI is InChI=1S/C57H87O10P/c1-7-9-11-13-15-17-19-21-23-25-27-29-31-33-35-37-39-41-53(59)63-45-51(65-54(60)42-40-38-36-34-32-30-28-26-24-22-20-18-16-14-12-10-8-2)46-64-68(61,62)67-55-48(3)49(4)56-52(50(55)5)43-44-57(6,47-58)66-56/h15-18,21-24,27-30,33-36,51,58H,7-14,19-20,25-26,31-32,37-47H2,1-6H3,(H,61,62)/t51-,57?/m1/s1. The molecule has 68 heavy (non-hydrogen) atoms. The molecular weight excluding hydrogens is 876 g/mol. The van der Waals surface area contributed by atoms with Gasteiger partial charge in [0.05, 0.1) is 6.61 Å². The van der Waals surface area contributed by atoms with Crippen molar-refractivity contribution in [3.8, 4) is 11.5 Å². The van der Waals surface area contributed by atoms with Gasteiger partial charge >= 0.3 is 19.8 Å². The highest BCUT2D eigenvalue weighted by Gasteiger charge is 2.36. The Balaban J connectivity index is 1.89. The van der Waals surface area contributed by atoms with Crippen molar-refractivity contribution in [1.82, 2.24) is 0 Å². The molecule has 0 spiro atoms. The van der Waals surface area contributed by atoms with Gasteiger partial charge in [-0.25, -0.2) is 4.57 Å². The smallest absolute Gasteiger partial charge is 0.485 e. The largest absolute Gasteiger partial charge is 0.527 e. The summed E-state index contributed by atoms with van der Waals surface area (Å²) in [6.45, 7) is 10.7. The molecule has 2 N–H and O–H groups in total. The van der Waals surface area contributed by atoms with E-state index >= 15 is 0 Å². The zero-order valence-electron chi connectivity index (χ0n) is 42.6. The Bertz CT molecular complexity index is 1890. The van der Waals surface area contributed by atoms with Crippen LogP contribution in [0.4, 0.5) is 0 Å². The lowest BCUT2D eigenvalue weighted by Crippen LogP contribution is -2.40. The van der Waals surface area contributed by atoms with Crippen molar-refractivity contribution < 1.29 is 47.4 Å². The number of allylic oxidation sites excluding steroid dienone is 16. The molecule has 0 aromatic heterocycles. The molecule has 2 unspecified atom stereocenters. The number of hydrogen-bond donors (Lipinski definition) is 2. The lowest BCUT2D eigenvalue weighted by molar-refractivity contribution is -0.161. The average molecular weight is 963 g/mol. The molecule has 1 aromatic rings. The summed E-state index contributed by atoms with van der Waals surface area (Å²) in [6, 6.07) is 0. The maximum Gasteiger partial charge on any atom is 0.527 e. The van der Waals surface area contributed by atoms with Crippen LogP contribution in [0.25, 0.3) is 0 Å². The summed E-state index contributed by atoms with van der Waals surface area (Å²) in [7, 11) is -4.76. The number of fused-ring (bicyclic) bond motifs is 1. The Labute approximate surface area is 411 Å². The molecule has 0 aliphatic carbocycles. The number of unbranched alkanes of at least 4 members (excludes halogenated alkanes) is 8. The molecule has 0 radical (unpaired) electrons. The fraction of sp³-hybridized carbons (Fsp3) is 0.579. The van der Waals surface area contributed by atoms with Crippen LogP contribution in [0.15, 0.2) is 97.2 Å². The fourth-order valence-corrected chi connectivity index (χ4v) is 8.23. The minimum Gasteiger partial charge on any atom is -0.485 e. The Kier molecular flexibility index (Phi) is 32.4. The number of carbonyl (C=O) groups is 2. The van der Waals surface area contributed by atoms with Crippen molar-refractivity contribution in [2.75, 3.05) is 19.8 Å². The number of carbonyl (C=O) groups excluding carboxylic acids is 2. The second kappa shape index (κ2) is 36.7. The summed E-state index contributed by atoms with van der Waals surface area (Å²) in [6.07, 6.45) is 52.5. The maximum atomic E-state index is 13.4. The van der Waals surface area contributed by atoms with E-state index in [1.807, 2.05) is 26.0 Å². The Morgan fingerprint density at radius 2 is 1.07 bits per heavy atom. The van der Waals surface area contributed by atoms with E-state index in [4.69, 9.17) is 23.3 Å². The van der Waals surface area contributed by atoms with Crippen LogP contribution in [0.1, 0.15) is 178 Å². The van der Waals surface area contributed by atoms with Crippen LogP contribution in [-0.2, 0) is 34.6 Å². The highest BCUT2D eigenvalue weighted by molar-refractivity contribution is 7.47. The molecule has 1 heterocycles. The van der Waals surface area contributed by atoms with Gasteiger partial charge in [0.1, 0.15) is 30.3 Å². The van der Waals surface area contributed by atoms with Gasteiger partial charge in [-0.3, -0.25) is 19.0 Å².